The van der Waals surface area contributed by atoms with Gasteiger partial charge in [0.25, 0.3) is 11.8 Å². The van der Waals surface area contributed by atoms with Crippen LogP contribution in [-0.2, 0) is 11.2 Å². The lowest BCUT2D eigenvalue weighted by atomic mass is 10.1. The second-order valence-corrected chi connectivity index (χ2v) is 11.9. The molecule has 2 aliphatic rings. The molecule has 1 fully saturated rings. The van der Waals surface area contributed by atoms with E-state index in [1.54, 1.807) is 42.2 Å². The number of hydrogen-bond donors (Lipinski definition) is 1. The van der Waals surface area contributed by atoms with E-state index in [0.29, 0.717) is 34.9 Å². The summed E-state index contributed by atoms with van der Waals surface area (Å²) in [5, 5.41) is 2.72. The number of halogens is 1. The van der Waals surface area contributed by atoms with Gasteiger partial charge < -0.3 is 15.0 Å². The molecule has 7 rings (SSSR count). The molecule has 0 saturated carbocycles. The van der Waals surface area contributed by atoms with E-state index in [1.807, 2.05) is 60.7 Å². The summed E-state index contributed by atoms with van der Waals surface area (Å²) in [5.41, 5.74) is 4.32. The molecule has 0 unspecified atom stereocenters. The van der Waals surface area contributed by atoms with E-state index >= 15 is 0 Å². The molecule has 0 aliphatic carbocycles. The fraction of sp³-hybridized carbons (Fsp3) is 0.143. The van der Waals surface area contributed by atoms with E-state index in [0.717, 1.165) is 21.6 Å². The zero-order valence-electron chi connectivity index (χ0n) is 24.2. The average Bonchev–Trinajstić information content (AvgIpc) is 3.63. The van der Waals surface area contributed by atoms with Crippen LogP contribution < -0.4 is 15.1 Å². The summed E-state index contributed by atoms with van der Waals surface area (Å²) in [4.78, 5) is 49.2. The number of aryl methyl sites for hydroxylation is 1. The van der Waals surface area contributed by atoms with Crippen LogP contribution in [0.3, 0.4) is 0 Å². The molecule has 1 N–H and O–H groups in total. The number of pyridine rings is 1. The van der Waals surface area contributed by atoms with Gasteiger partial charge in [-0.1, -0.05) is 66.7 Å². The lowest BCUT2D eigenvalue weighted by molar-refractivity contribution is 0.0981. The van der Waals surface area contributed by atoms with Crippen molar-refractivity contribution in [1.82, 2.24) is 4.98 Å². The van der Waals surface area contributed by atoms with Crippen LogP contribution in [0.15, 0.2) is 97.1 Å². The predicted molar refractivity (Wildman–Crippen MR) is 171 cm³/mol. The molecule has 10 heteroatoms. The predicted octanol–water partition coefficient (Wildman–Crippen LogP) is 7.41. The van der Waals surface area contributed by atoms with Crippen molar-refractivity contribution in [1.29, 1.82) is 0 Å². The van der Waals surface area contributed by atoms with E-state index in [1.165, 1.54) is 22.3 Å². The van der Waals surface area contributed by atoms with Crippen molar-refractivity contribution in [3.63, 3.8) is 0 Å². The average molecular weight is 619 g/mol. The number of nitrogens with one attached hydrogen (secondary N) is 1. The molecule has 3 amide bonds. The molecule has 1 atom stereocenters. The fourth-order valence-electron chi connectivity index (χ4n) is 5.79. The Labute approximate surface area is 262 Å². The van der Waals surface area contributed by atoms with Gasteiger partial charge in [0.05, 0.1) is 16.3 Å². The summed E-state index contributed by atoms with van der Waals surface area (Å²) in [7, 11) is 0. The van der Waals surface area contributed by atoms with Gasteiger partial charge in [0.2, 0.25) is 0 Å². The second kappa shape index (κ2) is 11.6. The van der Waals surface area contributed by atoms with E-state index in [2.05, 4.69) is 10.3 Å². The first kappa shape index (κ1) is 28.4. The number of carbonyl (C=O) groups is 3. The number of amides is 3. The number of rotatable bonds is 5. The molecule has 4 heterocycles. The lowest BCUT2D eigenvalue weighted by Crippen LogP contribution is -2.34. The monoisotopic (exact) mass is 618 g/mol. The number of hydrogen-bond acceptors (Lipinski definition) is 6. The van der Waals surface area contributed by atoms with Crippen LogP contribution in [0.4, 0.5) is 26.4 Å². The molecule has 1 saturated heterocycles. The first-order valence-corrected chi connectivity index (χ1v) is 15.3. The maximum absolute atomic E-state index is 14.4. The topological polar surface area (TPSA) is 91.8 Å². The Hall–Kier alpha value is -5.35. The molecule has 8 nitrogen and oxygen atoms in total. The normalized spacial score (nSPS) is 15.6. The Morgan fingerprint density at radius 1 is 0.978 bits per heavy atom. The Balaban J connectivity index is 1.18. The molecular weight excluding hydrogens is 591 g/mol. The van der Waals surface area contributed by atoms with Crippen LogP contribution in [0, 0.1) is 12.7 Å². The summed E-state index contributed by atoms with van der Waals surface area (Å²) in [6.07, 6.45) is -0.0255. The summed E-state index contributed by atoms with van der Waals surface area (Å²) in [6.45, 7) is 2.27. The van der Waals surface area contributed by atoms with Crippen LogP contribution in [0.25, 0.3) is 10.4 Å². The third kappa shape index (κ3) is 5.23. The molecule has 224 valence electrons. The molecule has 3 aromatic carbocycles. The van der Waals surface area contributed by atoms with E-state index < -0.39 is 11.9 Å². The van der Waals surface area contributed by atoms with Gasteiger partial charge in [-0.05, 0) is 60.4 Å². The molecule has 2 aromatic heterocycles. The zero-order chi connectivity index (χ0) is 31.1. The van der Waals surface area contributed by atoms with Gasteiger partial charge >= 0.3 is 6.09 Å². The smallest absolute Gasteiger partial charge is 0.416 e. The minimum absolute atomic E-state index is 0.162. The molecule has 0 spiro atoms. The van der Waals surface area contributed by atoms with Gasteiger partial charge in [-0.15, -0.1) is 11.3 Å². The number of cyclic esters (lactones) is 1. The number of nitrogens with zero attached hydrogens (tertiary/aromatic N) is 3. The van der Waals surface area contributed by atoms with Gasteiger partial charge in [-0.25, -0.2) is 14.2 Å². The molecule has 5 aromatic rings. The van der Waals surface area contributed by atoms with Crippen LogP contribution in [0.5, 0.6) is 0 Å². The first-order valence-electron chi connectivity index (χ1n) is 14.5. The maximum Gasteiger partial charge on any atom is 0.416 e. The largest absolute Gasteiger partial charge is 0.447 e. The van der Waals surface area contributed by atoms with Gasteiger partial charge in [-0.3, -0.25) is 14.5 Å². The first-order chi connectivity index (χ1) is 21.9. The van der Waals surface area contributed by atoms with Crippen molar-refractivity contribution >= 4 is 46.4 Å². The summed E-state index contributed by atoms with van der Waals surface area (Å²) in [6, 6.07) is 28.3. The molecule has 0 bridgehead atoms. The molecule has 0 radical (unpaired) electrons. The quantitative estimate of drug-likeness (QED) is 0.222. The Bertz CT molecular complexity index is 1940. The number of para-hydroxylation sites is 2. The van der Waals surface area contributed by atoms with Crippen molar-refractivity contribution in [3.05, 3.63) is 130 Å². The highest BCUT2D eigenvalue weighted by Crippen LogP contribution is 2.42. The second-order valence-electron chi connectivity index (χ2n) is 10.8. The molecular formula is C35H27FN4O4S. The number of thiophene rings is 1. The fourth-order valence-corrected chi connectivity index (χ4v) is 6.93. The van der Waals surface area contributed by atoms with E-state index in [-0.39, 0.29) is 35.8 Å². The van der Waals surface area contributed by atoms with Crippen molar-refractivity contribution < 1.29 is 23.5 Å². The number of aromatic nitrogens is 1. The van der Waals surface area contributed by atoms with Crippen LogP contribution in [0.2, 0.25) is 0 Å². The van der Waals surface area contributed by atoms with Gasteiger partial charge in [0.1, 0.15) is 30.0 Å². The number of carbonyl (C=O) groups excluding carboxylic acids is 3. The highest BCUT2D eigenvalue weighted by Gasteiger charge is 2.37. The van der Waals surface area contributed by atoms with Crippen molar-refractivity contribution in [2.24, 2.45) is 0 Å². The van der Waals surface area contributed by atoms with Gasteiger partial charge in [-0.2, -0.15) is 0 Å². The van der Waals surface area contributed by atoms with Crippen LogP contribution >= 0.6 is 11.3 Å². The summed E-state index contributed by atoms with van der Waals surface area (Å²) >= 11 is 1.31. The number of benzene rings is 3. The van der Waals surface area contributed by atoms with E-state index in [4.69, 9.17) is 4.74 Å². The van der Waals surface area contributed by atoms with Crippen LogP contribution in [-0.4, -0.2) is 36.0 Å². The van der Waals surface area contributed by atoms with Crippen LogP contribution in [0.1, 0.15) is 42.9 Å². The van der Waals surface area contributed by atoms with Crippen molar-refractivity contribution in [3.8, 4) is 10.4 Å². The highest BCUT2D eigenvalue weighted by molar-refractivity contribution is 7.17. The minimum Gasteiger partial charge on any atom is -0.447 e. The Kier molecular flexibility index (Phi) is 7.34. The summed E-state index contributed by atoms with van der Waals surface area (Å²) in [5.74, 6) is -0.853. The SMILES string of the molecule is Cc1cccc(F)c1NC(=O)c1cc2c(s1)-c1ccccc1N(C(=O)c1cccc(N3C(=O)OC[C@H]3c3ccccc3)n1)CC2. The standard InChI is InChI=1S/C35H27FN4O4S/c1-21-9-7-13-25(36)31(21)38-33(41)29-19-23-17-18-39(27-15-6-5-12-24(27)32(23)45-29)34(42)26-14-8-16-30(37-26)40-28(20-44-35(40)43)22-10-3-2-4-11-22/h2-16,19,28H,17-18,20H2,1H3,(H,38,41)/t28-/m0/s1. The van der Waals surface area contributed by atoms with Crippen molar-refractivity contribution in [2.45, 2.75) is 19.4 Å². The number of ether oxygens (including phenoxy) is 1. The summed E-state index contributed by atoms with van der Waals surface area (Å²) < 4.78 is 19.8. The number of anilines is 3. The Morgan fingerprint density at radius 2 is 1.76 bits per heavy atom. The van der Waals surface area contributed by atoms with Crippen molar-refractivity contribution in [2.75, 3.05) is 28.3 Å². The van der Waals surface area contributed by atoms with Gasteiger partial charge in [0.15, 0.2) is 0 Å². The third-order valence-corrected chi connectivity index (χ3v) is 9.25. The molecule has 2 aliphatic heterocycles. The van der Waals surface area contributed by atoms with Gasteiger partial charge in [0, 0.05) is 17.0 Å². The number of fused-ring (bicyclic) bond motifs is 3. The highest BCUT2D eigenvalue weighted by atomic mass is 32.1. The lowest BCUT2D eigenvalue weighted by Gasteiger charge is -2.24. The maximum atomic E-state index is 14.4. The third-order valence-electron chi connectivity index (χ3n) is 8.04. The Morgan fingerprint density at radius 3 is 2.58 bits per heavy atom. The zero-order valence-corrected chi connectivity index (χ0v) is 25.0. The molecule has 45 heavy (non-hydrogen) atoms. The van der Waals surface area contributed by atoms with E-state index in [9.17, 15) is 18.8 Å². The minimum atomic E-state index is -0.518.